The zero-order valence-electron chi connectivity index (χ0n) is 12.1. The molecule has 0 saturated heterocycles. The molecule has 0 saturated carbocycles. The Morgan fingerprint density at radius 1 is 1.24 bits per heavy atom. The van der Waals surface area contributed by atoms with E-state index in [9.17, 15) is 5.11 Å². The lowest BCUT2D eigenvalue weighted by Crippen LogP contribution is -2.27. The van der Waals surface area contributed by atoms with Gasteiger partial charge in [-0.05, 0) is 67.1 Å². The second kappa shape index (κ2) is 6.20. The summed E-state index contributed by atoms with van der Waals surface area (Å²) in [6.07, 6.45) is 3.38. The molecule has 21 heavy (non-hydrogen) atoms. The third-order valence-corrected chi connectivity index (χ3v) is 4.73. The summed E-state index contributed by atoms with van der Waals surface area (Å²) >= 11 is 3.53. The van der Waals surface area contributed by atoms with Crippen LogP contribution in [0.3, 0.4) is 0 Å². The molecule has 0 aliphatic heterocycles. The van der Waals surface area contributed by atoms with E-state index < -0.39 is 0 Å². The van der Waals surface area contributed by atoms with Crippen LogP contribution >= 0.6 is 15.9 Å². The lowest BCUT2D eigenvalue weighted by Gasteiger charge is -2.29. The third-order valence-electron chi connectivity index (χ3n) is 4.24. The molecule has 0 aromatic heterocycles. The monoisotopic (exact) mass is 345 g/mol. The summed E-state index contributed by atoms with van der Waals surface area (Å²) in [5.41, 5.74) is 3.90. The largest absolute Gasteiger partial charge is 0.508 e. The highest BCUT2D eigenvalue weighted by atomic mass is 79.9. The van der Waals surface area contributed by atoms with Crippen LogP contribution in [0.1, 0.15) is 48.5 Å². The smallest absolute Gasteiger partial charge is 0.115 e. The van der Waals surface area contributed by atoms with Gasteiger partial charge in [-0.2, -0.15) is 0 Å². The van der Waals surface area contributed by atoms with E-state index in [1.54, 1.807) is 6.07 Å². The molecule has 2 nitrogen and oxygen atoms in total. The average molecular weight is 346 g/mol. The molecule has 2 atom stereocenters. The van der Waals surface area contributed by atoms with Crippen LogP contribution in [-0.2, 0) is 6.42 Å². The molecule has 110 valence electrons. The summed E-state index contributed by atoms with van der Waals surface area (Å²) in [6, 6.07) is 14.9. The van der Waals surface area contributed by atoms with E-state index in [2.05, 4.69) is 58.5 Å². The van der Waals surface area contributed by atoms with Crippen LogP contribution in [0.15, 0.2) is 46.9 Å². The first kappa shape index (κ1) is 14.6. The number of phenols is 1. The summed E-state index contributed by atoms with van der Waals surface area (Å²) < 4.78 is 1.11. The fourth-order valence-corrected chi connectivity index (χ4v) is 3.56. The van der Waals surface area contributed by atoms with Gasteiger partial charge in [0.05, 0.1) is 0 Å². The van der Waals surface area contributed by atoms with Crippen molar-refractivity contribution in [1.29, 1.82) is 0 Å². The number of phenolic OH excluding ortho intramolecular Hbond substituents is 1. The highest BCUT2D eigenvalue weighted by molar-refractivity contribution is 9.10. The van der Waals surface area contributed by atoms with Gasteiger partial charge in [-0.25, -0.2) is 0 Å². The molecule has 0 bridgehead atoms. The summed E-state index contributed by atoms with van der Waals surface area (Å²) in [7, 11) is 0. The Morgan fingerprint density at radius 2 is 2.10 bits per heavy atom. The minimum absolute atomic E-state index is 0.298. The molecule has 2 aromatic carbocycles. The van der Waals surface area contributed by atoms with Gasteiger partial charge >= 0.3 is 0 Å². The SMILES string of the molecule is C[C@H](NC1CCCc2cc(O)ccc21)c1cccc(Br)c1. The van der Waals surface area contributed by atoms with Crippen molar-refractivity contribution in [3.63, 3.8) is 0 Å². The Labute approximate surface area is 134 Å². The Kier molecular flexibility index (Phi) is 4.32. The lowest BCUT2D eigenvalue weighted by atomic mass is 9.87. The van der Waals surface area contributed by atoms with Crippen LogP contribution in [0.4, 0.5) is 0 Å². The van der Waals surface area contributed by atoms with E-state index in [1.165, 1.54) is 23.1 Å². The van der Waals surface area contributed by atoms with Gasteiger partial charge in [0, 0.05) is 16.6 Å². The van der Waals surface area contributed by atoms with Crippen LogP contribution in [0.25, 0.3) is 0 Å². The van der Waals surface area contributed by atoms with Crippen molar-refractivity contribution in [2.45, 2.75) is 38.3 Å². The van der Waals surface area contributed by atoms with Crippen LogP contribution < -0.4 is 5.32 Å². The first-order valence-corrected chi connectivity index (χ1v) is 8.26. The molecule has 3 heteroatoms. The lowest BCUT2D eigenvalue weighted by molar-refractivity contribution is 0.412. The molecule has 0 spiro atoms. The summed E-state index contributed by atoms with van der Waals surface area (Å²) in [6.45, 7) is 2.20. The van der Waals surface area contributed by atoms with Crippen molar-refractivity contribution in [1.82, 2.24) is 5.32 Å². The molecule has 2 N–H and O–H groups in total. The number of benzene rings is 2. The maximum absolute atomic E-state index is 9.64. The molecule has 3 rings (SSSR count). The van der Waals surface area contributed by atoms with Crippen molar-refractivity contribution < 1.29 is 5.11 Å². The highest BCUT2D eigenvalue weighted by Gasteiger charge is 2.22. The first-order valence-electron chi connectivity index (χ1n) is 7.47. The van der Waals surface area contributed by atoms with E-state index >= 15 is 0 Å². The minimum Gasteiger partial charge on any atom is -0.508 e. The number of fused-ring (bicyclic) bond motifs is 1. The molecular weight excluding hydrogens is 326 g/mol. The Balaban J connectivity index is 1.80. The molecule has 0 radical (unpaired) electrons. The maximum atomic E-state index is 9.64. The van der Waals surface area contributed by atoms with Gasteiger partial charge < -0.3 is 10.4 Å². The fourth-order valence-electron chi connectivity index (χ4n) is 3.15. The highest BCUT2D eigenvalue weighted by Crippen LogP contribution is 2.33. The van der Waals surface area contributed by atoms with Crippen LogP contribution in [0.2, 0.25) is 0 Å². The average Bonchev–Trinajstić information content (AvgIpc) is 2.47. The molecule has 0 amide bonds. The van der Waals surface area contributed by atoms with Crippen LogP contribution in [0, 0.1) is 0 Å². The van der Waals surface area contributed by atoms with Crippen LogP contribution in [-0.4, -0.2) is 5.11 Å². The molecule has 0 heterocycles. The fraction of sp³-hybridized carbons (Fsp3) is 0.333. The van der Waals surface area contributed by atoms with Crippen molar-refractivity contribution in [3.05, 3.63) is 63.6 Å². The number of aromatic hydroxyl groups is 1. The van der Waals surface area contributed by atoms with Crippen molar-refractivity contribution in [2.24, 2.45) is 0 Å². The predicted molar refractivity (Wildman–Crippen MR) is 89.5 cm³/mol. The molecule has 0 fully saturated rings. The second-order valence-electron chi connectivity index (χ2n) is 5.77. The quantitative estimate of drug-likeness (QED) is 0.830. The minimum atomic E-state index is 0.298. The van der Waals surface area contributed by atoms with Gasteiger partial charge in [0.25, 0.3) is 0 Å². The zero-order chi connectivity index (χ0) is 14.8. The third kappa shape index (κ3) is 3.30. The Hall–Kier alpha value is -1.32. The number of hydrogen-bond acceptors (Lipinski definition) is 2. The molecule has 1 unspecified atom stereocenters. The van der Waals surface area contributed by atoms with Gasteiger partial charge in [0.2, 0.25) is 0 Å². The molecule has 2 aromatic rings. The standard InChI is InChI=1S/C18H20BrNO/c1-12(13-4-2-6-15(19)10-13)20-18-7-3-5-14-11-16(21)8-9-17(14)18/h2,4,6,8-12,18,20-21H,3,5,7H2,1H3/t12-,18?/m0/s1. The van der Waals surface area contributed by atoms with E-state index in [0.717, 1.165) is 17.3 Å². The van der Waals surface area contributed by atoms with E-state index in [4.69, 9.17) is 0 Å². The van der Waals surface area contributed by atoms with Gasteiger partial charge in [0.15, 0.2) is 0 Å². The van der Waals surface area contributed by atoms with E-state index in [0.29, 0.717) is 17.8 Å². The summed E-state index contributed by atoms with van der Waals surface area (Å²) in [5.74, 6) is 0.370. The number of halogens is 1. The Morgan fingerprint density at radius 3 is 2.90 bits per heavy atom. The normalized spacial score (nSPS) is 19.0. The number of nitrogens with one attached hydrogen (secondary N) is 1. The molecular formula is C18H20BrNO. The molecule has 1 aliphatic rings. The topological polar surface area (TPSA) is 32.3 Å². The number of aryl methyl sites for hydroxylation is 1. The second-order valence-corrected chi connectivity index (χ2v) is 6.69. The van der Waals surface area contributed by atoms with Crippen molar-refractivity contribution in [2.75, 3.05) is 0 Å². The maximum Gasteiger partial charge on any atom is 0.115 e. The number of hydrogen-bond donors (Lipinski definition) is 2. The van der Waals surface area contributed by atoms with Gasteiger partial charge in [-0.1, -0.05) is 34.1 Å². The molecule has 1 aliphatic carbocycles. The zero-order valence-corrected chi connectivity index (χ0v) is 13.7. The van der Waals surface area contributed by atoms with E-state index in [1.807, 2.05) is 6.07 Å². The van der Waals surface area contributed by atoms with Gasteiger partial charge in [0.1, 0.15) is 5.75 Å². The summed E-state index contributed by atoms with van der Waals surface area (Å²) in [4.78, 5) is 0. The Bertz CT molecular complexity index is 641. The van der Waals surface area contributed by atoms with Crippen molar-refractivity contribution >= 4 is 15.9 Å². The first-order chi connectivity index (χ1) is 10.1. The summed E-state index contributed by atoms with van der Waals surface area (Å²) in [5, 5.41) is 13.4. The predicted octanol–water partition coefficient (Wildman–Crippen LogP) is 4.88. The van der Waals surface area contributed by atoms with Crippen molar-refractivity contribution in [3.8, 4) is 5.75 Å². The number of rotatable bonds is 3. The van der Waals surface area contributed by atoms with Crippen LogP contribution in [0.5, 0.6) is 5.75 Å². The van der Waals surface area contributed by atoms with Gasteiger partial charge in [-0.3, -0.25) is 0 Å². The van der Waals surface area contributed by atoms with Gasteiger partial charge in [-0.15, -0.1) is 0 Å². The van der Waals surface area contributed by atoms with E-state index in [-0.39, 0.29) is 0 Å².